The summed E-state index contributed by atoms with van der Waals surface area (Å²) in [6, 6.07) is 7.56. The number of anilines is 1. The number of benzene rings is 1. The van der Waals surface area contributed by atoms with E-state index in [4.69, 9.17) is 14.3 Å². The highest BCUT2D eigenvalue weighted by atomic mass is 16.5. The minimum absolute atomic E-state index is 0.118. The van der Waals surface area contributed by atoms with E-state index in [0.29, 0.717) is 43.1 Å². The van der Waals surface area contributed by atoms with Crippen molar-refractivity contribution in [3.8, 4) is 0 Å². The molecule has 1 saturated heterocycles. The number of carbonyl (C=O) groups is 3. The first-order chi connectivity index (χ1) is 12.5. The van der Waals surface area contributed by atoms with Crippen LogP contribution in [0.2, 0.25) is 0 Å². The van der Waals surface area contributed by atoms with E-state index in [1.807, 2.05) is 0 Å². The van der Waals surface area contributed by atoms with Crippen molar-refractivity contribution in [2.24, 2.45) is 0 Å². The molecule has 2 aromatic rings. The number of hydrogen-bond donors (Lipinski definition) is 2. The monoisotopic (exact) mass is 358 g/mol. The molecule has 1 aliphatic heterocycles. The fourth-order valence-electron chi connectivity index (χ4n) is 2.70. The van der Waals surface area contributed by atoms with Crippen LogP contribution in [0.1, 0.15) is 37.0 Å². The van der Waals surface area contributed by atoms with Crippen molar-refractivity contribution >= 4 is 23.5 Å². The number of carboxylic acids is 1. The highest BCUT2D eigenvalue weighted by molar-refractivity contribution is 6.05. The number of nitrogens with zero attached hydrogens (tertiary/aromatic N) is 1. The van der Waals surface area contributed by atoms with E-state index in [2.05, 4.69) is 5.32 Å². The first-order valence-electron chi connectivity index (χ1n) is 8.08. The van der Waals surface area contributed by atoms with Crippen LogP contribution in [0.25, 0.3) is 0 Å². The molecule has 0 saturated carbocycles. The van der Waals surface area contributed by atoms with Crippen LogP contribution in [0.5, 0.6) is 0 Å². The Labute approximate surface area is 149 Å². The van der Waals surface area contributed by atoms with E-state index >= 15 is 0 Å². The number of rotatable bonds is 4. The summed E-state index contributed by atoms with van der Waals surface area (Å²) in [5.74, 6) is -2.39. The molecule has 1 aliphatic rings. The number of ether oxygens (including phenoxy) is 1. The molecular formula is C18H18N2O6. The van der Waals surface area contributed by atoms with E-state index in [1.54, 1.807) is 30.0 Å². The lowest BCUT2D eigenvalue weighted by Gasteiger charge is -2.27. The molecule has 2 N–H and O–H groups in total. The van der Waals surface area contributed by atoms with Gasteiger partial charge in [0.15, 0.2) is 5.76 Å². The number of amides is 2. The smallest absolute Gasteiger partial charge is 0.371 e. The molecule has 26 heavy (non-hydrogen) atoms. The quantitative estimate of drug-likeness (QED) is 0.865. The third kappa shape index (κ3) is 3.60. The Balaban J connectivity index is 1.79. The number of furan rings is 1. The van der Waals surface area contributed by atoms with Crippen LogP contribution in [0.3, 0.4) is 0 Å². The second kappa shape index (κ2) is 7.40. The maximum absolute atomic E-state index is 12.7. The van der Waals surface area contributed by atoms with Crippen LogP contribution in [-0.4, -0.2) is 54.1 Å². The molecule has 2 heterocycles. The Kier molecular flexibility index (Phi) is 5.04. The maximum atomic E-state index is 12.7. The molecule has 136 valence electrons. The molecule has 0 spiro atoms. The largest absolute Gasteiger partial charge is 0.475 e. The Morgan fingerprint density at radius 3 is 2.42 bits per heavy atom. The van der Waals surface area contributed by atoms with Gasteiger partial charge in [-0.1, -0.05) is 6.07 Å². The van der Waals surface area contributed by atoms with Gasteiger partial charge in [0.25, 0.3) is 11.8 Å². The van der Waals surface area contributed by atoms with Gasteiger partial charge >= 0.3 is 5.97 Å². The summed E-state index contributed by atoms with van der Waals surface area (Å²) in [5, 5.41) is 11.5. The highest BCUT2D eigenvalue weighted by Gasteiger charge is 2.22. The van der Waals surface area contributed by atoms with Crippen molar-refractivity contribution in [3.63, 3.8) is 0 Å². The van der Waals surface area contributed by atoms with Crippen molar-refractivity contribution in [1.29, 1.82) is 0 Å². The molecule has 0 atom stereocenters. The fraction of sp³-hybridized carbons (Fsp3) is 0.278. The molecule has 0 aliphatic carbocycles. The standard InChI is InChI=1S/C18H18N2O6/c1-11-12(17(22)20-7-9-25-10-8-20)3-2-4-13(11)19-16(21)14-5-6-15(26-14)18(23)24/h2-6H,7-10H2,1H3,(H,19,21)(H,23,24). The molecule has 0 unspecified atom stereocenters. The van der Waals surface area contributed by atoms with Gasteiger partial charge < -0.3 is 24.5 Å². The summed E-state index contributed by atoms with van der Waals surface area (Å²) >= 11 is 0. The second-order valence-corrected chi connectivity index (χ2v) is 5.81. The maximum Gasteiger partial charge on any atom is 0.371 e. The number of carboxylic acid groups (broad SMARTS) is 1. The molecule has 1 aromatic heterocycles. The Bertz CT molecular complexity index is 851. The van der Waals surface area contributed by atoms with Gasteiger partial charge in [-0.05, 0) is 36.8 Å². The first-order valence-corrected chi connectivity index (χ1v) is 8.08. The predicted octanol–water partition coefficient (Wildman–Crippen LogP) is 2.01. The van der Waals surface area contributed by atoms with E-state index < -0.39 is 11.9 Å². The summed E-state index contributed by atoms with van der Waals surface area (Å²) in [5.41, 5.74) is 1.58. The Morgan fingerprint density at radius 2 is 1.77 bits per heavy atom. The average Bonchev–Trinajstić information content (AvgIpc) is 3.14. The van der Waals surface area contributed by atoms with Gasteiger partial charge in [0.05, 0.1) is 13.2 Å². The van der Waals surface area contributed by atoms with Crippen LogP contribution in [-0.2, 0) is 4.74 Å². The highest BCUT2D eigenvalue weighted by Crippen LogP contribution is 2.22. The summed E-state index contributed by atoms with van der Waals surface area (Å²) < 4.78 is 10.2. The van der Waals surface area contributed by atoms with Gasteiger partial charge in [0.1, 0.15) is 0 Å². The topological polar surface area (TPSA) is 109 Å². The molecule has 0 radical (unpaired) electrons. The lowest BCUT2D eigenvalue weighted by molar-refractivity contribution is 0.0302. The normalized spacial score (nSPS) is 14.1. The van der Waals surface area contributed by atoms with Gasteiger partial charge in [-0.2, -0.15) is 0 Å². The zero-order chi connectivity index (χ0) is 18.7. The average molecular weight is 358 g/mol. The van der Waals surface area contributed by atoms with E-state index in [9.17, 15) is 14.4 Å². The number of morpholine rings is 1. The second-order valence-electron chi connectivity index (χ2n) is 5.81. The molecule has 0 bridgehead atoms. The molecule has 3 rings (SSSR count). The van der Waals surface area contributed by atoms with Crippen molar-refractivity contribution in [2.45, 2.75) is 6.92 Å². The molecule has 8 nitrogen and oxygen atoms in total. The number of carbonyl (C=O) groups excluding carboxylic acids is 2. The van der Waals surface area contributed by atoms with Crippen molar-refractivity contribution in [3.05, 3.63) is 53.0 Å². The first kappa shape index (κ1) is 17.7. The van der Waals surface area contributed by atoms with Gasteiger partial charge in [-0.15, -0.1) is 0 Å². The zero-order valence-corrected chi connectivity index (χ0v) is 14.2. The van der Waals surface area contributed by atoms with Crippen LogP contribution in [0.4, 0.5) is 5.69 Å². The summed E-state index contributed by atoms with van der Waals surface area (Å²) in [6.45, 7) is 3.81. The Hall–Kier alpha value is -3.13. The van der Waals surface area contributed by atoms with Crippen LogP contribution < -0.4 is 5.32 Å². The van der Waals surface area contributed by atoms with E-state index in [-0.39, 0.29) is 17.4 Å². The van der Waals surface area contributed by atoms with Crippen LogP contribution >= 0.6 is 0 Å². The molecule has 8 heteroatoms. The Morgan fingerprint density at radius 1 is 1.08 bits per heavy atom. The number of hydrogen-bond acceptors (Lipinski definition) is 5. The van der Waals surface area contributed by atoms with E-state index in [0.717, 1.165) is 0 Å². The summed E-state index contributed by atoms with van der Waals surface area (Å²) in [4.78, 5) is 37.5. The van der Waals surface area contributed by atoms with Crippen LogP contribution in [0.15, 0.2) is 34.7 Å². The molecule has 1 aromatic carbocycles. The SMILES string of the molecule is Cc1c(NC(=O)c2ccc(C(=O)O)o2)cccc1C(=O)N1CCOCC1. The summed E-state index contributed by atoms with van der Waals surface area (Å²) in [6.07, 6.45) is 0. The van der Waals surface area contributed by atoms with Crippen molar-refractivity contribution < 1.29 is 28.6 Å². The minimum atomic E-state index is -1.25. The molecular weight excluding hydrogens is 340 g/mol. The summed E-state index contributed by atoms with van der Waals surface area (Å²) in [7, 11) is 0. The molecule has 2 amide bonds. The predicted molar refractivity (Wildman–Crippen MR) is 91.5 cm³/mol. The third-order valence-corrected chi connectivity index (χ3v) is 4.15. The minimum Gasteiger partial charge on any atom is -0.475 e. The lowest BCUT2D eigenvalue weighted by atomic mass is 10.0. The number of aromatic carboxylic acids is 1. The van der Waals surface area contributed by atoms with Gasteiger partial charge in [-0.3, -0.25) is 9.59 Å². The zero-order valence-electron chi connectivity index (χ0n) is 14.2. The van der Waals surface area contributed by atoms with Gasteiger partial charge in [0, 0.05) is 24.3 Å². The van der Waals surface area contributed by atoms with Gasteiger partial charge in [-0.25, -0.2) is 4.79 Å². The van der Waals surface area contributed by atoms with Crippen molar-refractivity contribution in [2.75, 3.05) is 31.6 Å². The lowest BCUT2D eigenvalue weighted by Crippen LogP contribution is -2.41. The number of nitrogens with one attached hydrogen (secondary N) is 1. The van der Waals surface area contributed by atoms with E-state index in [1.165, 1.54) is 12.1 Å². The van der Waals surface area contributed by atoms with Gasteiger partial charge in [0.2, 0.25) is 5.76 Å². The van der Waals surface area contributed by atoms with Crippen LogP contribution in [0, 0.1) is 6.92 Å². The molecule has 1 fully saturated rings. The third-order valence-electron chi connectivity index (χ3n) is 4.15. The van der Waals surface area contributed by atoms with Crippen molar-refractivity contribution in [1.82, 2.24) is 4.90 Å². The fourth-order valence-corrected chi connectivity index (χ4v) is 2.70.